The summed E-state index contributed by atoms with van der Waals surface area (Å²) >= 11 is 0. The highest BCUT2D eigenvalue weighted by Crippen LogP contribution is 2.55. The lowest BCUT2D eigenvalue weighted by Gasteiger charge is -2.33. The number of rotatable bonds is 7. The predicted molar refractivity (Wildman–Crippen MR) is 129 cm³/mol. The van der Waals surface area contributed by atoms with Crippen molar-refractivity contribution in [1.82, 2.24) is 40.5 Å². The van der Waals surface area contributed by atoms with E-state index in [1.54, 1.807) is 0 Å². The molecule has 43 heavy (non-hydrogen) atoms. The van der Waals surface area contributed by atoms with Crippen LogP contribution in [-0.4, -0.2) is 66.3 Å². The number of hydrogen-bond donors (Lipinski definition) is 2. The van der Waals surface area contributed by atoms with Gasteiger partial charge in [0.1, 0.15) is 5.69 Å². The summed E-state index contributed by atoms with van der Waals surface area (Å²) in [4.78, 5) is 34.0. The van der Waals surface area contributed by atoms with Gasteiger partial charge in [0.2, 0.25) is 11.8 Å². The minimum absolute atomic E-state index is 0.0136. The molecule has 11 nitrogen and oxygen atoms in total. The standard InChI is InChI=1S/C25H25F7N8O3/c26-23(27)3-1-11(2-4-23)17(36-21(42)19-18(38-43-39-19)15-7-24(15,28)29)16-10-40-22(35-16)34-9-14(37-40)6-12-5-13(25(30,31)32)8-33-20(12)41/h9-13,15,17H,1-8H2,(H,33,41)(H,36,42)/t12-,13-,15-,17+/m1/s1. The lowest BCUT2D eigenvalue weighted by Crippen LogP contribution is -2.47. The molecule has 2 amide bonds. The first kappa shape index (κ1) is 29.2. The van der Waals surface area contributed by atoms with Gasteiger partial charge in [-0.15, -0.1) is 0 Å². The summed E-state index contributed by atoms with van der Waals surface area (Å²) in [7, 11) is 0. The molecule has 4 atom stereocenters. The summed E-state index contributed by atoms with van der Waals surface area (Å²) < 4.78 is 101. The van der Waals surface area contributed by atoms with Crippen LogP contribution in [0.15, 0.2) is 17.0 Å². The van der Waals surface area contributed by atoms with E-state index in [1.165, 1.54) is 16.9 Å². The number of imidazole rings is 1. The summed E-state index contributed by atoms with van der Waals surface area (Å²) in [5.74, 6) is -11.8. The highest BCUT2D eigenvalue weighted by molar-refractivity contribution is 5.93. The normalized spacial score (nSPS) is 26.2. The first-order valence-electron chi connectivity index (χ1n) is 13.6. The highest BCUT2D eigenvalue weighted by Gasteiger charge is 2.61. The quantitative estimate of drug-likeness (QED) is 0.382. The van der Waals surface area contributed by atoms with Gasteiger partial charge < -0.3 is 10.6 Å². The molecular weight excluding hydrogens is 593 g/mol. The largest absolute Gasteiger partial charge is 0.393 e. The average molecular weight is 619 g/mol. The number of aromatic nitrogens is 6. The number of carbonyl (C=O) groups excluding carboxylic acids is 2. The van der Waals surface area contributed by atoms with E-state index >= 15 is 0 Å². The van der Waals surface area contributed by atoms with Crippen molar-refractivity contribution in [2.45, 2.75) is 74.9 Å². The van der Waals surface area contributed by atoms with Gasteiger partial charge in [-0.2, -0.15) is 18.3 Å². The number of carbonyl (C=O) groups is 2. The van der Waals surface area contributed by atoms with E-state index in [-0.39, 0.29) is 42.1 Å². The first-order chi connectivity index (χ1) is 20.2. The predicted octanol–water partition coefficient (Wildman–Crippen LogP) is 3.78. The lowest BCUT2D eigenvalue weighted by atomic mass is 9.81. The Hall–Kier alpha value is -3.86. The fraction of sp³-hybridized carbons (Fsp3) is 0.640. The summed E-state index contributed by atoms with van der Waals surface area (Å²) in [6.07, 6.45) is -3.71. The summed E-state index contributed by atoms with van der Waals surface area (Å²) in [6, 6.07) is -0.975. The molecule has 0 unspecified atom stereocenters. The van der Waals surface area contributed by atoms with Crippen molar-refractivity contribution in [1.29, 1.82) is 0 Å². The van der Waals surface area contributed by atoms with Gasteiger partial charge in [-0.1, -0.05) is 5.16 Å². The number of piperidine rings is 1. The molecule has 2 N–H and O–H groups in total. The first-order valence-corrected chi connectivity index (χ1v) is 13.6. The maximum atomic E-state index is 14.0. The molecule has 6 rings (SSSR count). The van der Waals surface area contributed by atoms with Crippen LogP contribution in [0.2, 0.25) is 0 Å². The van der Waals surface area contributed by atoms with Gasteiger partial charge in [-0.25, -0.2) is 36.7 Å². The maximum absolute atomic E-state index is 14.0. The Morgan fingerprint density at radius 1 is 1.19 bits per heavy atom. The third-order valence-electron chi connectivity index (χ3n) is 8.36. The monoisotopic (exact) mass is 618 g/mol. The van der Waals surface area contributed by atoms with E-state index < -0.39 is 97.5 Å². The van der Waals surface area contributed by atoms with Crippen molar-refractivity contribution in [2.24, 2.45) is 17.8 Å². The van der Waals surface area contributed by atoms with Crippen LogP contribution in [-0.2, 0) is 11.2 Å². The van der Waals surface area contributed by atoms with Crippen LogP contribution in [0.4, 0.5) is 30.7 Å². The van der Waals surface area contributed by atoms with Gasteiger partial charge in [0, 0.05) is 38.1 Å². The highest BCUT2D eigenvalue weighted by atomic mass is 19.4. The summed E-state index contributed by atoms with van der Waals surface area (Å²) in [6.45, 7) is -0.496. The molecule has 0 bridgehead atoms. The lowest BCUT2D eigenvalue weighted by molar-refractivity contribution is -0.183. The van der Waals surface area contributed by atoms with Gasteiger partial charge in [0.25, 0.3) is 17.6 Å². The molecule has 1 aliphatic heterocycles. The summed E-state index contributed by atoms with van der Waals surface area (Å²) in [5.41, 5.74) is -0.360. The second-order valence-electron chi connectivity index (χ2n) is 11.4. The minimum Gasteiger partial charge on any atom is -0.355 e. The van der Waals surface area contributed by atoms with Crippen LogP contribution in [0.5, 0.6) is 0 Å². The zero-order valence-electron chi connectivity index (χ0n) is 22.3. The topological polar surface area (TPSA) is 140 Å². The van der Waals surface area contributed by atoms with Gasteiger partial charge in [-0.05, 0) is 30.3 Å². The average Bonchev–Trinajstić information content (AvgIpc) is 3.27. The van der Waals surface area contributed by atoms with Gasteiger partial charge in [-0.3, -0.25) is 9.59 Å². The molecule has 2 saturated carbocycles. The Kier molecular flexibility index (Phi) is 7.06. The molecule has 1 saturated heterocycles. The smallest absolute Gasteiger partial charge is 0.355 e. The van der Waals surface area contributed by atoms with E-state index in [1.807, 2.05) is 0 Å². The van der Waals surface area contributed by atoms with Crippen LogP contribution in [0.25, 0.3) is 5.78 Å². The molecule has 0 radical (unpaired) electrons. The van der Waals surface area contributed by atoms with Crippen LogP contribution in [0, 0.1) is 17.8 Å². The molecule has 0 spiro atoms. The number of nitrogens with one attached hydrogen (secondary N) is 2. The van der Waals surface area contributed by atoms with Gasteiger partial charge >= 0.3 is 6.18 Å². The fourth-order valence-corrected chi connectivity index (χ4v) is 5.79. The van der Waals surface area contributed by atoms with Gasteiger partial charge in [0.05, 0.1) is 41.7 Å². The van der Waals surface area contributed by atoms with Crippen LogP contribution < -0.4 is 10.6 Å². The van der Waals surface area contributed by atoms with Gasteiger partial charge in [0.15, 0.2) is 5.69 Å². The van der Waals surface area contributed by atoms with Crippen LogP contribution >= 0.6 is 0 Å². The van der Waals surface area contributed by atoms with Crippen molar-refractivity contribution >= 4 is 17.6 Å². The molecule has 3 aromatic rings. The van der Waals surface area contributed by atoms with E-state index in [9.17, 15) is 40.3 Å². The Bertz CT molecular complexity index is 1530. The zero-order chi connectivity index (χ0) is 30.7. The molecule has 0 aromatic carbocycles. The second-order valence-corrected chi connectivity index (χ2v) is 11.4. The number of nitrogens with zero attached hydrogens (tertiary/aromatic N) is 6. The number of amides is 2. The number of halogens is 7. The molecule has 2 aliphatic carbocycles. The molecule has 3 fully saturated rings. The van der Waals surface area contributed by atoms with Crippen molar-refractivity contribution in [3.8, 4) is 0 Å². The van der Waals surface area contributed by atoms with E-state index in [4.69, 9.17) is 0 Å². The third kappa shape index (κ3) is 6.00. The second kappa shape index (κ2) is 10.4. The van der Waals surface area contributed by atoms with Crippen LogP contribution in [0.3, 0.4) is 0 Å². The number of fused-ring (bicyclic) bond motifs is 1. The summed E-state index contributed by atoms with van der Waals surface area (Å²) in [5, 5.41) is 16.2. The van der Waals surface area contributed by atoms with E-state index in [2.05, 4.69) is 40.6 Å². The molecular formula is C25H25F7N8O3. The molecule has 18 heteroatoms. The van der Waals surface area contributed by atoms with Crippen molar-refractivity contribution in [3.63, 3.8) is 0 Å². The molecule has 3 aromatic heterocycles. The molecule has 3 aliphatic rings. The van der Waals surface area contributed by atoms with E-state index in [0.29, 0.717) is 0 Å². The number of alkyl halides is 7. The fourth-order valence-electron chi connectivity index (χ4n) is 5.79. The Labute approximate surface area is 238 Å². The zero-order valence-corrected chi connectivity index (χ0v) is 22.3. The minimum atomic E-state index is -4.47. The number of hydrogen-bond acceptors (Lipinski definition) is 8. The van der Waals surface area contributed by atoms with Crippen molar-refractivity contribution in [2.75, 3.05) is 6.54 Å². The third-order valence-corrected chi connectivity index (χ3v) is 8.36. The Morgan fingerprint density at radius 2 is 1.91 bits per heavy atom. The maximum Gasteiger partial charge on any atom is 0.393 e. The molecule has 4 heterocycles. The van der Waals surface area contributed by atoms with Crippen LogP contribution in [0.1, 0.15) is 78.1 Å². The Balaban J connectivity index is 1.25. The molecule has 232 valence electrons. The Morgan fingerprint density at radius 3 is 2.58 bits per heavy atom. The van der Waals surface area contributed by atoms with Crippen molar-refractivity contribution in [3.05, 3.63) is 35.2 Å². The SMILES string of the molecule is O=C(N[C@H](c1cn2nc(C[C@H]3C[C@@H](C(F)(F)F)CNC3=O)cnc2n1)C1CCC(F)(F)CC1)c1nonc1[C@H]1CC1(F)F. The van der Waals surface area contributed by atoms with E-state index in [0.717, 1.165) is 0 Å². The van der Waals surface area contributed by atoms with Crippen molar-refractivity contribution < 1.29 is 45.0 Å².